The van der Waals surface area contributed by atoms with Crippen LogP contribution in [-0.2, 0) is 9.53 Å². The third kappa shape index (κ3) is 4.13. The molecule has 0 aliphatic rings. The minimum absolute atomic E-state index is 0.0211. The Bertz CT molecular complexity index is 1120. The number of benzene rings is 1. The van der Waals surface area contributed by atoms with Crippen molar-refractivity contribution in [2.24, 2.45) is 0 Å². The Labute approximate surface area is 174 Å². The summed E-state index contributed by atoms with van der Waals surface area (Å²) in [5, 5.41) is 12.4. The summed E-state index contributed by atoms with van der Waals surface area (Å²) in [7, 11) is 0. The number of furan rings is 1. The van der Waals surface area contributed by atoms with E-state index < -0.39 is 18.5 Å². The van der Waals surface area contributed by atoms with Crippen LogP contribution in [0, 0.1) is 25.2 Å². The third-order valence-corrected chi connectivity index (χ3v) is 4.75. The maximum Gasteiger partial charge on any atom is 0.343 e. The molecule has 1 aromatic carbocycles. The molecule has 154 valence electrons. The number of hydrogen-bond acceptors (Lipinski definition) is 5. The average molecular weight is 405 g/mol. The first-order valence-electron chi connectivity index (χ1n) is 9.56. The van der Waals surface area contributed by atoms with E-state index in [-0.39, 0.29) is 28.7 Å². The molecule has 7 heteroatoms. The van der Waals surface area contributed by atoms with Crippen LogP contribution in [0.4, 0.5) is 5.69 Å². The van der Waals surface area contributed by atoms with Gasteiger partial charge in [-0.25, -0.2) is 4.79 Å². The molecule has 3 rings (SSSR count). The molecule has 1 N–H and O–H groups in total. The number of ether oxygens (including phenoxy) is 1. The summed E-state index contributed by atoms with van der Waals surface area (Å²) in [6.07, 6.45) is 3.41. The number of nitrogens with zero attached hydrogens (tertiary/aromatic N) is 2. The lowest BCUT2D eigenvalue weighted by Crippen LogP contribution is -2.22. The molecule has 2 heterocycles. The summed E-state index contributed by atoms with van der Waals surface area (Å²) in [5.41, 5.74) is 2.74. The van der Waals surface area contributed by atoms with Crippen LogP contribution in [-0.4, -0.2) is 23.1 Å². The fourth-order valence-corrected chi connectivity index (χ4v) is 3.25. The second kappa shape index (κ2) is 8.70. The van der Waals surface area contributed by atoms with Crippen LogP contribution in [0.3, 0.4) is 0 Å². The number of esters is 1. The molecule has 0 radical (unpaired) electrons. The summed E-state index contributed by atoms with van der Waals surface area (Å²) in [6, 6.07) is 11.3. The first kappa shape index (κ1) is 20.9. The lowest BCUT2D eigenvalue weighted by atomic mass is 9.98. The highest BCUT2D eigenvalue weighted by Gasteiger charge is 2.26. The molecule has 2 aromatic heterocycles. The van der Waals surface area contributed by atoms with Gasteiger partial charge in [-0.15, -0.1) is 0 Å². The molecule has 0 aliphatic heterocycles. The van der Waals surface area contributed by atoms with Crippen molar-refractivity contribution < 1.29 is 18.7 Å². The molecule has 0 spiro atoms. The summed E-state index contributed by atoms with van der Waals surface area (Å²) in [6.45, 7) is 7.09. The fraction of sp³-hybridized carbons (Fsp3) is 0.261. The molecule has 7 nitrogen and oxygen atoms in total. The Morgan fingerprint density at radius 1 is 1.20 bits per heavy atom. The summed E-state index contributed by atoms with van der Waals surface area (Å²) < 4.78 is 12.4. The van der Waals surface area contributed by atoms with E-state index in [0.29, 0.717) is 0 Å². The average Bonchev–Trinajstić information content (AvgIpc) is 3.34. The Hall–Kier alpha value is -3.79. The molecule has 0 unspecified atom stereocenters. The molecule has 0 atom stereocenters. The van der Waals surface area contributed by atoms with Crippen molar-refractivity contribution in [1.29, 1.82) is 5.26 Å². The van der Waals surface area contributed by atoms with Crippen LogP contribution in [0.5, 0.6) is 0 Å². The highest BCUT2D eigenvalue weighted by atomic mass is 16.5. The van der Waals surface area contributed by atoms with E-state index in [9.17, 15) is 14.9 Å². The van der Waals surface area contributed by atoms with Gasteiger partial charge in [0.15, 0.2) is 6.61 Å². The molecule has 3 aromatic rings. The van der Waals surface area contributed by atoms with Gasteiger partial charge in [-0.3, -0.25) is 9.36 Å². The van der Waals surface area contributed by atoms with Gasteiger partial charge >= 0.3 is 5.97 Å². The van der Waals surface area contributed by atoms with E-state index in [1.165, 1.54) is 0 Å². The molecule has 0 aliphatic carbocycles. The number of amides is 1. The SMILES string of the molecule is Cc1cccc(C(C)C)c1NC(=O)COC(=O)c1c(C)oc(-n2cccc2)c1C#N. The van der Waals surface area contributed by atoms with Gasteiger partial charge in [0.2, 0.25) is 5.88 Å². The lowest BCUT2D eigenvalue weighted by Gasteiger charge is -2.16. The molecular formula is C23H23N3O4. The van der Waals surface area contributed by atoms with E-state index in [1.807, 2.05) is 45.0 Å². The van der Waals surface area contributed by atoms with E-state index in [1.54, 1.807) is 36.0 Å². The molecule has 30 heavy (non-hydrogen) atoms. The quantitative estimate of drug-likeness (QED) is 0.610. The lowest BCUT2D eigenvalue weighted by molar-refractivity contribution is -0.119. The van der Waals surface area contributed by atoms with Crippen molar-refractivity contribution in [1.82, 2.24) is 4.57 Å². The Morgan fingerprint density at radius 3 is 2.53 bits per heavy atom. The molecule has 0 saturated carbocycles. The topological polar surface area (TPSA) is 97.3 Å². The minimum Gasteiger partial charge on any atom is -0.452 e. The van der Waals surface area contributed by atoms with E-state index in [0.717, 1.165) is 16.8 Å². The van der Waals surface area contributed by atoms with Crippen LogP contribution in [0.15, 0.2) is 47.1 Å². The van der Waals surface area contributed by atoms with Gasteiger partial charge in [0.1, 0.15) is 23.0 Å². The number of nitriles is 1. The third-order valence-electron chi connectivity index (χ3n) is 4.75. The van der Waals surface area contributed by atoms with Gasteiger partial charge in [0, 0.05) is 18.1 Å². The number of nitrogens with one attached hydrogen (secondary N) is 1. The number of anilines is 1. The van der Waals surface area contributed by atoms with Crippen molar-refractivity contribution in [2.45, 2.75) is 33.6 Å². The number of hydrogen-bond donors (Lipinski definition) is 1. The number of para-hydroxylation sites is 1. The first-order chi connectivity index (χ1) is 14.3. The predicted octanol–water partition coefficient (Wildman–Crippen LogP) is 4.48. The van der Waals surface area contributed by atoms with Crippen molar-refractivity contribution in [2.75, 3.05) is 11.9 Å². The minimum atomic E-state index is -0.782. The molecular weight excluding hydrogens is 382 g/mol. The summed E-state index contributed by atoms with van der Waals surface area (Å²) >= 11 is 0. The van der Waals surface area contributed by atoms with Crippen LogP contribution in [0.25, 0.3) is 5.88 Å². The standard InChI is InChI=1S/C23H23N3O4/c1-14(2)17-9-7-8-15(3)21(17)25-19(27)13-29-23(28)20-16(4)30-22(18(20)12-24)26-10-5-6-11-26/h5-11,14H,13H2,1-4H3,(H,25,27). The van der Waals surface area contributed by atoms with Gasteiger partial charge in [0.05, 0.1) is 0 Å². The maximum atomic E-state index is 12.6. The van der Waals surface area contributed by atoms with Gasteiger partial charge < -0.3 is 14.5 Å². The normalized spacial score (nSPS) is 10.7. The molecule has 0 saturated heterocycles. The Kier molecular flexibility index (Phi) is 6.07. The zero-order chi connectivity index (χ0) is 21.8. The Balaban J connectivity index is 1.74. The van der Waals surface area contributed by atoms with Crippen molar-refractivity contribution >= 4 is 17.6 Å². The zero-order valence-electron chi connectivity index (χ0n) is 17.4. The Morgan fingerprint density at radius 2 is 1.90 bits per heavy atom. The molecule has 1 amide bonds. The van der Waals surface area contributed by atoms with Crippen molar-refractivity contribution in [3.05, 3.63) is 70.7 Å². The highest BCUT2D eigenvalue weighted by Crippen LogP contribution is 2.28. The number of aryl methyl sites for hydroxylation is 2. The van der Waals surface area contributed by atoms with Crippen molar-refractivity contribution in [3.63, 3.8) is 0 Å². The van der Waals surface area contributed by atoms with E-state index in [4.69, 9.17) is 9.15 Å². The zero-order valence-corrected chi connectivity index (χ0v) is 17.4. The predicted molar refractivity (Wildman–Crippen MR) is 112 cm³/mol. The van der Waals surface area contributed by atoms with Gasteiger partial charge in [0.25, 0.3) is 5.91 Å². The molecule has 0 fully saturated rings. The monoisotopic (exact) mass is 405 g/mol. The fourth-order valence-electron chi connectivity index (χ4n) is 3.25. The molecule has 0 bridgehead atoms. The van der Waals surface area contributed by atoms with Gasteiger partial charge in [-0.2, -0.15) is 5.26 Å². The summed E-state index contributed by atoms with van der Waals surface area (Å²) in [4.78, 5) is 25.0. The van der Waals surface area contributed by atoms with Crippen LogP contribution in [0.1, 0.15) is 52.6 Å². The van der Waals surface area contributed by atoms with Crippen LogP contribution >= 0.6 is 0 Å². The van der Waals surface area contributed by atoms with E-state index >= 15 is 0 Å². The van der Waals surface area contributed by atoms with Gasteiger partial charge in [-0.05, 0) is 43.0 Å². The van der Waals surface area contributed by atoms with Gasteiger partial charge in [-0.1, -0.05) is 32.0 Å². The number of carbonyl (C=O) groups is 2. The second-order valence-electron chi connectivity index (χ2n) is 7.23. The number of carbonyl (C=O) groups excluding carboxylic acids is 2. The van der Waals surface area contributed by atoms with Crippen molar-refractivity contribution in [3.8, 4) is 12.0 Å². The maximum absolute atomic E-state index is 12.6. The largest absolute Gasteiger partial charge is 0.452 e. The smallest absolute Gasteiger partial charge is 0.343 e. The summed E-state index contributed by atoms with van der Waals surface area (Å²) in [5.74, 6) is -0.527. The highest BCUT2D eigenvalue weighted by molar-refractivity contribution is 5.98. The first-order valence-corrected chi connectivity index (χ1v) is 9.56. The number of aromatic nitrogens is 1. The number of rotatable bonds is 6. The van der Waals surface area contributed by atoms with Crippen LogP contribution in [0.2, 0.25) is 0 Å². The van der Waals surface area contributed by atoms with E-state index in [2.05, 4.69) is 5.32 Å². The second-order valence-corrected chi connectivity index (χ2v) is 7.23. The van der Waals surface area contributed by atoms with Crippen LogP contribution < -0.4 is 5.32 Å².